The summed E-state index contributed by atoms with van der Waals surface area (Å²) in [6, 6.07) is 23.0. The minimum atomic E-state index is -0.192. The highest BCUT2D eigenvalue weighted by atomic mass is 32.1. The highest BCUT2D eigenvalue weighted by Gasteiger charge is 2.10. The van der Waals surface area contributed by atoms with Crippen molar-refractivity contribution in [2.24, 2.45) is 0 Å². The minimum absolute atomic E-state index is 0.192. The van der Waals surface area contributed by atoms with Crippen molar-refractivity contribution in [1.29, 1.82) is 0 Å². The number of thiazole rings is 1. The van der Waals surface area contributed by atoms with Gasteiger partial charge >= 0.3 is 0 Å². The molecule has 0 fully saturated rings. The van der Waals surface area contributed by atoms with Crippen molar-refractivity contribution in [2.75, 3.05) is 5.32 Å². The van der Waals surface area contributed by atoms with E-state index in [0.717, 1.165) is 27.5 Å². The van der Waals surface area contributed by atoms with Gasteiger partial charge in [0.2, 0.25) is 0 Å². The summed E-state index contributed by atoms with van der Waals surface area (Å²) in [5.74, 6) is -0.192. The lowest BCUT2D eigenvalue weighted by Gasteiger charge is -2.06. The number of rotatable bonds is 4. The highest BCUT2D eigenvalue weighted by Crippen LogP contribution is 2.29. The Hall–Kier alpha value is -3.77. The van der Waals surface area contributed by atoms with Crippen molar-refractivity contribution in [1.82, 2.24) is 9.97 Å². The summed E-state index contributed by atoms with van der Waals surface area (Å²) in [5.41, 5.74) is 5.60. The zero-order valence-corrected chi connectivity index (χ0v) is 16.0. The van der Waals surface area contributed by atoms with E-state index in [9.17, 15) is 4.79 Å². The Balaban J connectivity index is 1.32. The molecule has 0 radical (unpaired) electrons. The maximum Gasteiger partial charge on any atom is 0.255 e. The van der Waals surface area contributed by atoms with Gasteiger partial charge in [-0.1, -0.05) is 42.5 Å². The largest absolute Gasteiger partial charge is 0.443 e. The molecule has 0 aliphatic heterocycles. The number of hydrogen-bond donors (Lipinski definition) is 1. The lowest BCUT2D eigenvalue weighted by Crippen LogP contribution is -2.11. The molecular formula is C23H15N3O2S. The standard InChI is InChI=1S/C23H15N3O2S/c27-22(17-8-11-21-19(12-17)24-14-28-21)25-18-9-6-15(7-10-18)20-13-29-23(26-20)16-4-2-1-3-5-16/h1-14H,(H,25,27). The molecular weight excluding hydrogens is 382 g/mol. The molecule has 0 saturated carbocycles. The van der Waals surface area contributed by atoms with Crippen LogP contribution < -0.4 is 5.32 Å². The van der Waals surface area contributed by atoms with Crippen molar-refractivity contribution in [3.05, 3.63) is 90.1 Å². The third-order valence-electron chi connectivity index (χ3n) is 4.56. The van der Waals surface area contributed by atoms with Gasteiger partial charge in [0.1, 0.15) is 10.5 Å². The molecule has 2 heterocycles. The predicted octanol–water partition coefficient (Wildman–Crippen LogP) is 5.87. The van der Waals surface area contributed by atoms with Crippen molar-refractivity contribution >= 4 is 34.0 Å². The molecule has 6 heteroatoms. The molecule has 2 aromatic heterocycles. The predicted molar refractivity (Wildman–Crippen MR) is 115 cm³/mol. The van der Waals surface area contributed by atoms with E-state index in [-0.39, 0.29) is 5.91 Å². The maximum atomic E-state index is 12.5. The summed E-state index contributed by atoms with van der Waals surface area (Å²) >= 11 is 1.62. The zero-order chi connectivity index (χ0) is 19.6. The first-order chi connectivity index (χ1) is 14.3. The van der Waals surface area contributed by atoms with Crippen LogP contribution in [-0.2, 0) is 0 Å². The van der Waals surface area contributed by atoms with Gasteiger partial charge in [-0.05, 0) is 30.3 Å². The number of carbonyl (C=O) groups excluding carboxylic acids is 1. The summed E-state index contributed by atoms with van der Waals surface area (Å²) in [7, 11) is 0. The Kier molecular flexibility index (Phi) is 4.38. The topological polar surface area (TPSA) is 68.0 Å². The normalized spacial score (nSPS) is 10.9. The molecule has 1 N–H and O–H groups in total. The number of oxazole rings is 1. The Bertz CT molecular complexity index is 1290. The molecule has 29 heavy (non-hydrogen) atoms. The molecule has 0 saturated heterocycles. The Morgan fingerprint density at radius 1 is 0.931 bits per heavy atom. The summed E-state index contributed by atoms with van der Waals surface area (Å²) in [5, 5.41) is 5.94. The summed E-state index contributed by atoms with van der Waals surface area (Å²) < 4.78 is 5.21. The number of fused-ring (bicyclic) bond motifs is 1. The number of aromatic nitrogens is 2. The number of carbonyl (C=O) groups is 1. The van der Waals surface area contributed by atoms with Crippen molar-refractivity contribution in [3.63, 3.8) is 0 Å². The monoisotopic (exact) mass is 397 g/mol. The van der Waals surface area contributed by atoms with Crippen molar-refractivity contribution in [3.8, 4) is 21.8 Å². The molecule has 5 rings (SSSR count). The first kappa shape index (κ1) is 17.3. The van der Waals surface area contributed by atoms with Crippen LogP contribution >= 0.6 is 11.3 Å². The van der Waals surface area contributed by atoms with Crippen molar-refractivity contribution < 1.29 is 9.21 Å². The minimum Gasteiger partial charge on any atom is -0.443 e. The van der Waals surface area contributed by atoms with Gasteiger partial charge in [-0.2, -0.15) is 0 Å². The first-order valence-electron chi connectivity index (χ1n) is 9.02. The average molecular weight is 397 g/mol. The van der Waals surface area contributed by atoms with Crippen LogP contribution in [0.3, 0.4) is 0 Å². The lowest BCUT2D eigenvalue weighted by molar-refractivity contribution is 0.102. The van der Waals surface area contributed by atoms with Gasteiger partial charge in [0, 0.05) is 27.8 Å². The SMILES string of the molecule is O=C(Nc1ccc(-c2csc(-c3ccccc3)n2)cc1)c1ccc2ocnc2c1. The number of hydrogen-bond acceptors (Lipinski definition) is 5. The van der Waals surface area contributed by atoms with Gasteiger partial charge in [0.15, 0.2) is 12.0 Å². The fourth-order valence-corrected chi connectivity index (χ4v) is 3.88. The molecule has 0 spiro atoms. The molecule has 0 bridgehead atoms. The summed E-state index contributed by atoms with van der Waals surface area (Å²) in [6.45, 7) is 0. The maximum absolute atomic E-state index is 12.5. The molecule has 0 unspecified atom stereocenters. The van der Waals surface area contributed by atoms with E-state index in [4.69, 9.17) is 9.40 Å². The molecule has 1 amide bonds. The van der Waals surface area contributed by atoms with Crippen LogP contribution in [0, 0.1) is 0 Å². The number of amides is 1. The number of nitrogens with zero attached hydrogens (tertiary/aromatic N) is 2. The Morgan fingerprint density at radius 3 is 2.59 bits per heavy atom. The Morgan fingerprint density at radius 2 is 1.76 bits per heavy atom. The fraction of sp³-hybridized carbons (Fsp3) is 0. The van der Waals surface area contributed by atoms with Gasteiger partial charge in [-0.3, -0.25) is 4.79 Å². The molecule has 3 aromatic carbocycles. The summed E-state index contributed by atoms with van der Waals surface area (Å²) in [6.07, 6.45) is 1.37. The highest BCUT2D eigenvalue weighted by molar-refractivity contribution is 7.13. The van der Waals surface area contributed by atoms with Gasteiger partial charge in [0.25, 0.3) is 5.91 Å². The number of benzene rings is 3. The third kappa shape index (κ3) is 3.53. The number of nitrogens with one attached hydrogen (secondary N) is 1. The molecule has 0 aliphatic rings. The Labute approximate surface area is 170 Å². The van der Waals surface area contributed by atoms with E-state index in [1.807, 2.05) is 47.8 Å². The van der Waals surface area contributed by atoms with E-state index in [0.29, 0.717) is 16.7 Å². The van der Waals surface area contributed by atoms with E-state index >= 15 is 0 Å². The smallest absolute Gasteiger partial charge is 0.255 e. The van der Waals surface area contributed by atoms with Crippen LogP contribution in [0.4, 0.5) is 5.69 Å². The van der Waals surface area contributed by atoms with Gasteiger partial charge < -0.3 is 9.73 Å². The zero-order valence-electron chi connectivity index (χ0n) is 15.2. The molecule has 5 aromatic rings. The third-order valence-corrected chi connectivity index (χ3v) is 5.45. The van der Waals surface area contributed by atoms with E-state index < -0.39 is 0 Å². The second kappa shape index (κ2) is 7.33. The van der Waals surface area contributed by atoms with Crippen LogP contribution in [0.25, 0.3) is 32.9 Å². The molecule has 0 aliphatic carbocycles. The van der Waals surface area contributed by atoms with Crippen LogP contribution in [0.15, 0.2) is 89.0 Å². The van der Waals surface area contributed by atoms with E-state index in [1.54, 1.807) is 29.5 Å². The molecule has 0 atom stereocenters. The van der Waals surface area contributed by atoms with Crippen LogP contribution in [0.5, 0.6) is 0 Å². The second-order valence-corrected chi connectivity index (χ2v) is 7.33. The lowest BCUT2D eigenvalue weighted by atomic mass is 10.1. The average Bonchev–Trinajstić information content (AvgIpc) is 3.44. The summed E-state index contributed by atoms with van der Waals surface area (Å²) in [4.78, 5) is 21.3. The molecule has 5 nitrogen and oxygen atoms in total. The van der Waals surface area contributed by atoms with E-state index in [2.05, 4.69) is 22.4 Å². The van der Waals surface area contributed by atoms with Crippen LogP contribution in [0.1, 0.15) is 10.4 Å². The number of anilines is 1. The first-order valence-corrected chi connectivity index (χ1v) is 9.90. The van der Waals surface area contributed by atoms with E-state index in [1.165, 1.54) is 6.39 Å². The molecule has 140 valence electrons. The fourth-order valence-electron chi connectivity index (χ4n) is 3.05. The van der Waals surface area contributed by atoms with Crippen LogP contribution in [-0.4, -0.2) is 15.9 Å². The van der Waals surface area contributed by atoms with Gasteiger partial charge in [-0.15, -0.1) is 11.3 Å². The second-order valence-electron chi connectivity index (χ2n) is 6.47. The van der Waals surface area contributed by atoms with Gasteiger partial charge in [0.05, 0.1) is 5.69 Å². The quantitative estimate of drug-likeness (QED) is 0.412. The van der Waals surface area contributed by atoms with Crippen molar-refractivity contribution in [2.45, 2.75) is 0 Å². The van der Waals surface area contributed by atoms with Crippen LogP contribution in [0.2, 0.25) is 0 Å². The van der Waals surface area contributed by atoms with Gasteiger partial charge in [-0.25, -0.2) is 9.97 Å².